The van der Waals surface area contributed by atoms with Gasteiger partial charge in [-0.15, -0.1) is 5.10 Å². The number of pyridine rings is 1. The van der Waals surface area contributed by atoms with E-state index >= 15 is 0 Å². The highest BCUT2D eigenvalue weighted by Crippen LogP contribution is 2.31. The molecule has 6 nitrogen and oxygen atoms in total. The van der Waals surface area contributed by atoms with Crippen molar-refractivity contribution in [3.8, 4) is 17.6 Å². The first-order valence-corrected chi connectivity index (χ1v) is 6.67. The summed E-state index contributed by atoms with van der Waals surface area (Å²) in [5.41, 5.74) is 1.13. The molecule has 3 rings (SSSR count). The smallest absolute Gasteiger partial charge is 0.177 e. The number of ether oxygens (including phenoxy) is 1. The fourth-order valence-corrected chi connectivity index (χ4v) is 2.11. The van der Waals surface area contributed by atoms with E-state index in [1.54, 1.807) is 12.4 Å². The summed E-state index contributed by atoms with van der Waals surface area (Å²) >= 11 is 0. The first-order chi connectivity index (χ1) is 10.3. The molecule has 0 N–H and O–H groups in total. The molecule has 0 saturated heterocycles. The van der Waals surface area contributed by atoms with Gasteiger partial charge in [0.05, 0.1) is 24.5 Å². The molecule has 0 unspecified atom stereocenters. The molecule has 21 heavy (non-hydrogen) atoms. The van der Waals surface area contributed by atoms with Crippen LogP contribution in [0.1, 0.15) is 18.9 Å². The molecule has 1 aromatic carbocycles. The second-order valence-corrected chi connectivity index (χ2v) is 4.46. The molecule has 6 heteroatoms. The molecular formula is C15H13N5O. The van der Waals surface area contributed by atoms with Crippen LogP contribution in [0.25, 0.3) is 16.7 Å². The number of para-hydroxylation sites is 1. The van der Waals surface area contributed by atoms with Gasteiger partial charge in [0.15, 0.2) is 5.82 Å². The van der Waals surface area contributed by atoms with E-state index in [2.05, 4.69) is 21.4 Å². The Kier molecular flexibility index (Phi) is 3.48. The van der Waals surface area contributed by atoms with Gasteiger partial charge in [-0.25, -0.2) is 9.67 Å². The van der Waals surface area contributed by atoms with Gasteiger partial charge in [0.25, 0.3) is 0 Å². The molecule has 0 atom stereocenters. The summed E-state index contributed by atoms with van der Waals surface area (Å²) in [7, 11) is 0. The summed E-state index contributed by atoms with van der Waals surface area (Å²) in [6.07, 6.45) is 4.06. The molecule has 104 valence electrons. The molecule has 0 bridgehead atoms. The first-order valence-electron chi connectivity index (χ1n) is 6.67. The summed E-state index contributed by atoms with van der Waals surface area (Å²) in [4.78, 5) is 4.52. The highest BCUT2D eigenvalue weighted by Gasteiger charge is 2.17. The molecular weight excluding hydrogens is 266 g/mol. The zero-order chi connectivity index (χ0) is 14.7. The number of nitriles is 1. The van der Waals surface area contributed by atoms with Crippen LogP contribution < -0.4 is 4.74 Å². The van der Waals surface area contributed by atoms with Crippen LogP contribution in [0.5, 0.6) is 5.75 Å². The highest BCUT2D eigenvalue weighted by molar-refractivity contribution is 5.89. The van der Waals surface area contributed by atoms with Gasteiger partial charge in [0.2, 0.25) is 0 Å². The number of nitrogens with zero attached hydrogens (tertiary/aromatic N) is 5. The van der Waals surface area contributed by atoms with Crippen molar-refractivity contribution in [3.63, 3.8) is 0 Å². The second-order valence-electron chi connectivity index (χ2n) is 4.46. The maximum atomic E-state index is 9.53. The van der Waals surface area contributed by atoms with E-state index < -0.39 is 0 Å². The summed E-state index contributed by atoms with van der Waals surface area (Å²) in [6.45, 7) is 2.56. The van der Waals surface area contributed by atoms with Gasteiger partial charge in [0, 0.05) is 5.39 Å². The van der Waals surface area contributed by atoms with Crippen molar-refractivity contribution >= 4 is 10.9 Å². The molecule has 2 heterocycles. The minimum Gasteiger partial charge on any atom is -0.491 e. The Labute approximate surface area is 121 Å². The zero-order valence-electron chi connectivity index (χ0n) is 11.5. The fraction of sp³-hybridized carbons (Fsp3) is 0.200. The molecule has 0 aliphatic heterocycles. The van der Waals surface area contributed by atoms with Crippen molar-refractivity contribution in [2.45, 2.75) is 13.3 Å². The zero-order valence-corrected chi connectivity index (χ0v) is 11.5. The number of fused-ring (bicyclic) bond motifs is 1. The molecule has 0 radical (unpaired) electrons. The molecule has 0 aliphatic rings. The van der Waals surface area contributed by atoms with Gasteiger partial charge < -0.3 is 4.74 Å². The average Bonchev–Trinajstić information content (AvgIpc) is 3.05. The Morgan fingerprint density at radius 3 is 2.90 bits per heavy atom. The molecule has 0 spiro atoms. The van der Waals surface area contributed by atoms with E-state index in [4.69, 9.17) is 4.74 Å². The minimum atomic E-state index is 0.368. The molecule has 0 fully saturated rings. The van der Waals surface area contributed by atoms with Gasteiger partial charge in [-0.1, -0.05) is 24.3 Å². The predicted molar refractivity (Wildman–Crippen MR) is 77.2 cm³/mol. The van der Waals surface area contributed by atoms with Crippen molar-refractivity contribution in [1.29, 1.82) is 5.26 Å². The summed E-state index contributed by atoms with van der Waals surface area (Å²) < 4.78 is 7.28. The largest absolute Gasteiger partial charge is 0.491 e. The van der Waals surface area contributed by atoms with Crippen LogP contribution >= 0.6 is 0 Å². The Morgan fingerprint density at radius 1 is 1.33 bits per heavy atom. The highest BCUT2D eigenvalue weighted by atomic mass is 16.5. The topological polar surface area (TPSA) is 76.6 Å². The van der Waals surface area contributed by atoms with Crippen molar-refractivity contribution in [2.24, 2.45) is 0 Å². The van der Waals surface area contributed by atoms with Crippen LogP contribution in [0.3, 0.4) is 0 Å². The van der Waals surface area contributed by atoms with E-state index in [0.717, 1.165) is 17.3 Å². The first kappa shape index (κ1) is 13.1. The molecule has 3 aromatic rings. The number of hydrogen-bond acceptors (Lipinski definition) is 5. The van der Waals surface area contributed by atoms with Gasteiger partial charge in [-0.05, 0) is 18.6 Å². The number of aromatic nitrogens is 4. The molecule has 2 aromatic heterocycles. The minimum absolute atomic E-state index is 0.368. The summed E-state index contributed by atoms with van der Waals surface area (Å²) in [5, 5.41) is 18.0. The van der Waals surface area contributed by atoms with E-state index in [-0.39, 0.29) is 0 Å². The van der Waals surface area contributed by atoms with Crippen molar-refractivity contribution in [3.05, 3.63) is 42.2 Å². The van der Waals surface area contributed by atoms with Crippen molar-refractivity contribution in [1.82, 2.24) is 20.0 Å². The molecule has 0 amide bonds. The van der Waals surface area contributed by atoms with Gasteiger partial charge in [0.1, 0.15) is 17.4 Å². The third kappa shape index (κ3) is 2.30. The van der Waals surface area contributed by atoms with Gasteiger partial charge >= 0.3 is 0 Å². The van der Waals surface area contributed by atoms with Gasteiger partial charge in [-0.2, -0.15) is 5.26 Å². The van der Waals surface area contributed by atoms with Crippen LogP contribution in [0.2, 0.25) is 0 Å². The van der Waals surface area contributed by atoms with E-state index in [9.17, 15) is 5.26 Å². The predicted octanol–water partition coefficient (Wildman–Crippen LogP) is 2.48. The second kappa shape index (κ2) is 5.59. The van der Waals surface area contributed by atoms with Crippen LogP contribution in [0.15, 0.2) is 36.7 Å². The normalized spacial score (nSPS) is 10.5. The summed E-state index contributed by atoms with van der Waals surface area (Å²) in [5.74, 6) is 0.982. The van der Waals surface area contributed by atoms with Crippen LogP contribution in [-0.4, -0.2) is 26.6 Å². The average molecular weight is 279 g/mol. The lowest BCUT2D eigenvalue weighted by atomic mass is 10.1. The fourth-order valence-electron chi connectivity index (χ4n) is 2.11. The Morgan fingerprint density at radius 2 is 2.19 bits per heavy atom. The Hall–Kier alpha value is -2.94. The molecule has 0 saturated carbocycles. The number of benzene rings is 1. The number of rotatable bonds is 4. The van der Waals surface area contributed by atoms with E-state index in [1.165, 1.54) is 4.68 Å². The third-order valence-corrected chi connectivity index (χ3v) is 3.03. The van der Waals surface area contributed by atoms with Crippen LogP contribution in [0, 0.1) is 11.3 Å². The van der Waals surface area contributed by atoms with Gasteiger partial charge in [-0.3, -0.25) is 0 Å². The van der Waals surface area contributed by atoms with Crippen molar-refractivity contribution in [2.75, 3.05) is 6.61 Å². The van der Waals surface area contributed by atoms with E-state index in [1.807, 2.05) is 31.2 Å². The standard InChI is InChI=1S/C15H13N5O/c1-2-9-21-14-11-5-3-4-6-13(11)18-15(12(14)10-16)20-8-7-17-19-20/h3-8H,2,9H2,1H3. The molecule has 0 aliphatic carbocycles. The maximum Gasteiger partial charge on any atom is 0.177 e. The Bertz CT molecular complexity index is 805. The van der Waals surface area contributed by atoms with Crippen LogP contribution in [0.4, 0.5) is 0 Å². The SMILES string of the molecule is CCCOc1c(C#N)c(-n2ccnn2)nc2ccccc12. The quantitative estimate of drug-likeness (QED) is 0.733. The van der Waals surface area contributed by atoms with Crippen molar-refractivity contribution < 1.29 is 4.74 Å². The van der Waals surface area contributed by atoms with Crippen LogP contribution in [-0.2, 0) is 0 Å². The lowest BCUT2D eigenvalue weighted by Gasteiger charge is -2.13. The third-order valence-electron chi connectivity index (χ3n) is 3.03. The Balaban J connectivity index is 2.31. The van der Waals surface area contributed by atoms with E-state index in [0.29, 0.717) is 23.7 Å². The number of hydrogen-bond donors (Lipinski definition) is 0. The maximum absolute atomic E-state index is 9.53. The lowest BCUT2D eigenvalue weighted by molar-refractivity contribution is 0.320. The summed E-state index contributed by atoms with van der Waals surface area (Å²) in [6, 6.07) is 9.76. The lowest BCUT2D eigenvalue weighted by Crippen LogP contribution is -2.07. The monoisotopic (exact) mass is 279 g/mol.